The van der Waals surface area contributed by atoms with Gasteiger partial charge >= 0.3 is 0 Å². The summed E-state index contributed by atoms with van der Waals surface area (Å²) in [6.07, 6.45) is 2.89. The Morgan fingerprint density at radius 2 is 2.11 bits per heavy atom. The predicted molar refractivity (Wildman–Crippen MR) is 76.8 cm³/mol. The number of rotatable bonds is 5. The lowest BCUT2D eigenvalue weighted by atomic mass is 9.64. The third-order valence-electron chi connectivity index (χ3n) is 4.32. The molecule has 0 amide bonds. The molecule has 104 valence electrons. The minimum Gasteiger partial charge on any atom is -0.496 e. The first kappa shape index (κ1) is 14.1. The molecule has 0 aromatic heterocycles. The molecule has 0 bridgehead atoms. The standard InChI is InChI=1S/C16H23NO2/c1-11(2)12-5-6-14(19-3)13(9-12)15(18)16(10-17)7-4-8-16/h5-6,9,11H,4,7-8,10,17H2,1-3H3. The lowest BCUT2D eigenvalue weighted by Gasteiger charge is -2.39. The predicted octanol–water partition coefficient (Wildman–Crippen LogP) is 3.13. The average molecular weight is 261 g/mol. The van der Waals surface area contributed by atoms with Gasteiger partial charge in [0.25, 0.3) is 0 Å². The van der Waals surface area contributed by atoms with Gasteiger partial charge in [-0.05, 0) is 36.5 Å². The molecule has 0 radical (unpaired) electrons. The van der Waals surface area contributed by atoms with Crippen LogP contribution in [0.2, 0.25) is 0 Å². The minimum absolute atomic E-state index is 0.153. The van der Waals surface area contributed by atoms with Gasteiger partial charge in [-0.1, -0.05) is 26.3 Å². The summed E-state index contributed by atoms with van der Waals surface area (Å²) in [7, 11) is 1.61. The van der Waals surface area contributed by atoms with Crippen molar-refractivity contribution in [3.63, 3.8) is 0 Å². The van der Waals surface area contributed by atoms with Gasteiger partial charge in [0.2, 0.25) is 0 Å². The van der Waals surface area contributed by atoms with E-state index in [1.54, 1.807) is 7.11 Å². The summed E-state index contributed by atoms with van der Waals surface area (Å²) in [5.41, 5.74) is 7.35. The zero-order valence-electron chi connectivity index (χ0n) is 12.0. The van der Waals surface area contributed by atoms with Gasteiger partial charge in [-0.3, -0.25) is 4.79 Å². The van der Waals surface area contributed by atoms with E-state index in [1.807, 2.05) is 18.2 Å². The lowest BCUT2D eigenvalue weighted by Crippen LogP contribution is -2.44. The fourth-order valence-corrected chi connectivity index (χ4v) is 2.68. The summed E-state index contributed by atoms with van der Waals surface area (Å²) in [5, 5.41) is 0. The maximum absolute atomic E-state index is 12.8. The third-order valence-corrected chi connectivity index (χ3v) is 4.32. The van der Waals surface area contributed by atoms with Crippen molar-refractivity contribution in [1.29, 1.82) is 0 Å². The monoisotopic (exact) mass is 261 g/mol. The normalized spacial score (nSPS) is 17.1. The molecule has 1 aromatic rings. The van der Waals surface area contributed by atoms with Crippen LogP contribution in [0.5, 0.6) is 5.75 Å². The molecular weight excluding hydrogens is 238 g/mol. The molecule has 1 aliphatic carbocycles. The molecule has 0 unspecified atom stereocenters. The quantitative estimate of drug-likeness (QED) is 0.828. The Kier molecular flexibility index (Phi) is 3.95. The molecule has 0 aliphatic heterocycles. The summed E-state index contributed by atoms with van der Waals surface area (Å²) >= 11 is 0. The van der Waals surface area contributed by atoms with E-state index < -0.39 is 0 Å². The first-order valence-corrected chi connectivity index (χ1v) is 6.97. The highest BCUT2D eigenvalue weighted by Crippen LogP contribution is 2.44. The van der Waals surface area contributed by atoms with Crippen LogP contribution in [0.3, 0.4) is 0 Å². The highest BCUT2D eigenvalue weighted by atomic mass is 16.5. The lowest BCUT2D eigenvalue weighted by molar-refractivity contribution is 0.0632. The first-order valence-electron chi connectivity index (χ1n) is 6.97. The summed E-state index contributed by atoms with van der Waals surface area (Å²) < 4.78 is 5.35. The second-order valence-corrected chi connectivity index (χ2v) is 5.78. The largest absolute Gasteiger partial charge is 0.496 e. The van der Waals surface area contributed by atoms with E-state index in [2.05, 4.69) is 13.8 Å². The van der Waals surface area contributed by atoms with Crippen LogP contribution in [0.1, 0.15) is 54.9 Å². The molecule has 1 saturated carbocycles. The Morgan fingerprint density at radius 1 is 1.42 bits per heavy atom. The number of carbonyl (C=O) groups excluding carboxylic acids is 1. The Labute approximate surface area is 115 Å². The summed E-state index contributed by atoms with van der Waals surface area (Å²) in [4.78, 5) is 12.8. The Bertz CT molecular complexity index is 470. The molecule has 0 saturated heterocycles. The topological polar surface area (TPSA) is 52.3 Å². The first-order chi connectivity index (χ1) is 9.04. The van der Waals surface area contributed by atoms with E-state index in [0.29, 0.717) is 23.8 Å². The number of ketones is 1. The number of nitrogens with two attached hydrogens (primary N) is 1. The molecule has 0 spiro atoms. The van der Waals surface area contributed by atoms with Crippen molar-refractivity contribution in [2.75, 3.05) is 13.7 Å². The maximum Gasteiger partial charge on any atom is 0.173 e. The van der Waals surface area contributed by atoms with Crippen LogP contribution in [0.4, 0.5) is 0 Å². The smallest absolute Gasteiger partial charge is 0.173 e. The van der Waals surface area contributed by atoms with Gasteiger partial charge in [0.15, 0.2) is 5.78 Å². The van der Waals surface area contributed by atoms with Crippen molar-refractivity contribution in [2.24, 2.45) is 11.1 Å². The van der Waals surface area contributed by atoms with Crippen molar-refractivity contribution in [3.8, 4) is 5.75 Å². The van der Waals surface area contributed by atoms with Gasteiger partial charge in [-0.2, -0.15) is 0 Å². The molecule has 0 atom stereocenters. The molecule has 1 fully saturated rings. The Morgan fingerprint density at radius 3 is 2.53 bits per heavy atom. The molecule has 1 aliphatic rings. The zero-order chi connectivity index (χ0) is 14.0. The number of benzene rings is 1. The second kappa shape index (κ2) is 5.33. The van der Waals surface area contributed by atoms with Crippen LogP contribution in [0.15, 0.2) is 18.2 Å². The number of hydrogen-bond donors (Lipinski definition) is 1. The Balaban J connectivity index is 2.41. The number of hydrogen-bond acceptors (Lipinski definition) is 3. The third kappa shape index (κ3) is 2.39. The zero-order valence-corrected chi connectivity index (χ0v) is 12.0. The van der Waals surface area contributed by atoms with Crippen LogP contribution >= 0.6 is 0 Å². The Hall–Kier alpha value is -1.35. The molecule has 0 heterocycles. The molecule has 3 heteroatoms. The van der Waals surface area contributed by atoms with Crippen LogP contribution in [0, 0.1) is 5.41 Å². The van der Waals surface area contributed by atoms with Crippen LogP contribution in [-0.4, -0.2) is 19.4 Å². The highest BCUT2D eigenvalue weighted by molar-refractivity contribution is 6.03. The van der Waals surface area contributed by atoms with E-state index in [1.165, 1.54) is 0 Å². The van der Waals surface area contributed by atoms with E-state index in [9.17, 15) is 4.79 Å². The number of ether oxygens (including phenoxy) is 1. The SMILES string of the molecule is COc1ccc(C(C)C)cc1C(=O)C1(CN)CCC1. The van der Waals surface area contributed by atoms with Crippen molar-refractivity contribution < 1.29 is 9.53 Å². The van der Waals surface area contributed by atoms with E-state index >= 15 is 0 Å². The van der Waals surface area contributed by atoms with Gasteiger partial charge in [-0.25, -0.2) is 0 Å². The van der Waals surface area contributed by atoms with E-state index in [0.717, 1.165) is 24.8 Å². The maximum atomic E-state index is 12.8. The van der Waals surface area contributed by atoms with Crippen LogP contribution in [-0.2, 0) is 0 Å². The van der Waals surface area contributed by atoms with Crippen LogP contribution in [0.25, 0.3) is 0 Å². The summed E-state index contributed by atoms with van der Waals surface area (Å²) in [6.45, 7) is 4.68. The van der Waals surface area contributed by atoms with E-state index in [4.69, 9.17) is 10.5 Å². The molecule has 1 aromatic carbocycles. The summed E-state index contributed by atoms with van der Waals surface area (Å²) in [6, 6.07) is 5.89. The van der Waals surface area contributed by atoms with Crippen molar-refractivity contribution in [3.05, 3.63) is 29.3 Å². The van der Waals surface area contributed by atoms with Gasteiger partial charge in [-0.15, -0.1) is 0 Å². The summed E-state index contributed by atoms with van der Waals surface area (Å²) in [5.74, 6) is 1.21. The molecule has 2 N–H and O–H groups in total. The fraction of sp³-hybridized carbons (Fsp3) is 0.562. The highest BCUT2D eigenvalue weighted by Gasteiger charge is 2.43. The van der Waals surface area contributed by atoms with Gasteiger partial charge in [0.1, 0.15) is 5.75 Å². The van der Waals surface area contributed by atoms with Gasteiger partial charge in [0, 0.05) is 12.0 Å². The molecular formula is C16H23NO2. The number of carbonyl (C=O) groups is 1. The van der Waals surface area contributed by atoms with Gasteiger partial charge < -0.3 is 10.5 Å². The number of methoxy groups -OCH3 is 1. The molecule has 19 heavy (non-hydrogen) atoms. The number of Topliss-reactive ketones (excluding diaryl/α,β-unsaturated/α-hetero) is 1. The van der Waals surface area contributed by atoms with Crippen LogP contribution < -0.4 is 10.5 Å². The van der Waals surface area contributed by atoms with Crippen molar-refractivity contribution in [1.82, 2.24) is 0 Å². The minimum atomic E-state index is -0.344. The van der Waals surface area contributed by atoms with Crippen molar-refractivity contribution in [2.45, 2.75) is 39.0 Å². The molecule has 3 nitrogen and oxygen atoms in total. The van der Waals surface area contributed by atoms with Gasteiger partial charge in [0.05, 0.1) is 12.7 Å². The fourth-order valence-electron chi connectivity index (χ4n) is 2.68. The molecule has 2 rings (SSSR count). The average Bonchev–Trinajstić information content (AvgIpc) is 2.37. The second-order valence-electron chi connectivity index (χ2n) is 5.78. The van der Waals surface area contributed by atoms with Crippen molar-refractivity contribution >= 4 is 5.78 Å². The van der Waals surface area contributed by atoms with E-state index in [-0.39, 0.29) is 11.2 Å².